The van der Waals surface area contributed by atoms with E-state index in [0.29, 0.717) is 11.6 Å². The van der Waals surface area contributed by atoms with Gasteiger partial charge in [-0.2, -0.15) is 0 Å². The lowest BCUT2D eigenvalue weighted by molar-refractivity contribution is -0.388. The van der Waals surface area contributed by atoms with Gasteiger partial charge in [-0.3, -0.25) is 4.57 Å². The van der Waals surface area contributed by atoms with Gasteiger partial charge in [0.1, 0.15) is 0 Å². The number of nitrogens with one attached hydrogen (secondary N) is 1. The van der Waals surface area contributed by atoms with Gasteiger partial charge in [0.25, 0.3) is 0 Å². The minimum absolute atomic E-state index is 0.0700. The second kappa shape index (κ2) is 5.19. The molecular weight excluding hydrogens is 244 g/mol. The molecule has 0 amide bonds. The summed E-state index contributed by atoms with van der Waals surface area (Å²) in [5.74, 6) is 1.11. The van der Waals surface area contributed by atoms with Crippen LogP contribution in [0.25, 0.3) is 0 Å². The minimum atomic E-state index is -0.418. The third-order valence-corrected chi connectivity index (χ3v) is 4.22. The summed E-state index contributed by atoms with van der Waals surface area (Å²) < 4.78 is 1.75. The van der Waals surface area contributed by atoms with Gasteiger partial charge in [0.2, 0.25) is 11.6 Å². The van der Waals surface area contributed by atoms with Gasteiger partial charge in [0.15, 0.2) is 0 Å². The lowest BCUT2D eigenvalue weighted by Gasteiger charge is -2.33. The summed E-state index contributed by atoms with van der Waals surface area (Å²) in [7, 11) is 1.81. The number of rotatable bonds is 4. The van der Waals surface area contributed by atoms with E-state index in [1.54, 1.807) is 18.5 Å². The van der Waals surface area contributed by atoms with Gasteiger partial charge in [-0.25, -0.2) is 0 Å². The number of nitrogens with zero attached hydrogens (tertiary/aromatic N) is 3. The van der Waals surface area contributed by atoms with E-state index in [4.69, 9.17) is 0 Å². The number of nitro groups is 1. The van der Waals surface area contributed by atoms with Crippen molar-refractivity contribution >= 4 is 11.6 Å². The predicted octanol–water partition coefficient (Wildman–Crippen LogP) is 3.02. The van der Waals surface area contributed by atoms with Crippen LogP contribution in [0.2, 0.25) is 0 Å². The molecule has 2 rings (SSSR count). The van der Waals surface area contributed by atoms with Gasteiger partial charge in [-0.1, -0.05) is 26.2 Å². The zero-order chi connectivity index (χ0) is 14.0. The molecule has 1 N–H and O–H groups in total. The van der Waals surface area contributed by atoms with Crippen LogP contribution >= 0.6 is 0 Å². The zero-order valence-electron chi connectivity index (χ0n) is 11.9. The number of hydrogen-bond donors (Lipinski definition) is 1. The minimum Gasteiger partial charge on any atom is -0.364 e. The standard InChI is InChI=1S/C13H22N4O2/c1-10-15-12(17(18)19)11(16(10)3)14-9-13(2)7-5-4-6-8-13/h14H,4-9H2,1-3H3. The molecule has 0 unspecified atom stereocenters. The third kappa shape index (κ3) is 2.88. The van der Waals surface area contributed by atoms with Crippen LogP contribution in [0.4, 0.5) is 11.6 Å². The molecule has 0 aliphatic heterocycles. The molecule has 0 bridgehead atoms. The number of aryl methyl sites for hydroxylation is 1. The van der Waals surface area contributed by atoms with Crippen LogP contribution in [0.1, 0.15) is 44.9 Å². The maximum atomic E-state index is 11.0. The molecule has 0 aromatic carbocycles. The summed E-state index contributed by atoms with van der Waals surface area (Å²) in [6, 6.07) is 0. The van der Waals surface area contributed by atoms with Crippen molar-refractivity contribution in [2.45, 2.75) is 46.0 Å². The quantitative estimate of drug-likeness (QED) is 0.671. The Morgan fingerprint density at radius 1 is 1.42 bits per heavy atom. The topological polar surface area (TPSA) is 73.0 Å². The van der Waals surface area contributed by atoms with Crippen LogP contribution < -0.4 is 5.32 Å². The van der Waals surface area contributed by atoms with E-state index in [1.807, 2.05) is 0 Å². The first-order valence-electron chi connectivity index (χ1n) is 6.84. The van der Waals surface area contributed by atoms with Gasteiger partial charge in [0.05, 0.1) is 0 Å². The van der Waals surface area contributed by atoms with Crippen molar-refractivity contribution in [3.8, 4) is 0 Å². The molecule has 106 valence electrons. The number of imidazole rings is 1. The van der Waals surface area contributed by atoms with Crippen molar-refractivity contribution in [3.05, 3.63) is 15.9 Å². The highest BCUT2D eigenvalue weighted by Crippen LogP contribution is 2.36. The van der Waals surface area contributed by atoms with Crippen molar-refractivity contribution in [1.29, 1.82) is 0 Å². The largest absolute Gasteiger partial charge is 0.406 e. The Morgan fingerprint density at radius 3 is 2.63 bits per heavy atom. The summed E-state index contributed by atoms with van der Waals surface area (Å²) in [5, 5.41) is 14.3. The third-order valence-electron chi connectivity index (χ3n) is 4.22. The average Bonchev–Trinajstić information content (AvgIpc) is 2.65. The van der Waals surface area contributed by atoms with Crippen molar-refractivity contribution in [1.82, 2.24) is 9.55 Å². The highest BCUT2D eigenvalue weighted by Gasteiger charge is 2.29. The molecule has 1 aromatic rings. The van der Waals surface area contributed by atoms with Gasteiger partial charge >= 0.3 is 5.82 Å². The summed E-state index contributed by atoms with van der Waals surface area (Å²) >= 11 is 0. The van der Waals surface area contributed by atoms with E-state index in [1.165, 1.54) is 32.1 Å². The van der Waals surface area contributed by atoms with Crippen molar-refractivity contribution < 1.29 is 4.92 Å². The van der Waals surface area contributed by atoms with Gasteiger partial charge < -0.3 is 15.4 Å². The molecule has 0 radical (unpaired) electrons. The molecule has 6 heteroatoms. The van der Waals surface area contributed by atoms with Crippen LogP contribution in [0.15, 0.2) is 0 Å². The summed E-state index contributed by atoms with van der Waals surface area (Å²) in [5.41, 5.74) is 0.240. The monoisotopic (exact) mass is 266 g/mol. The van der Waals surface area contributed by atoms with Crippen LogP contribution in [0.5, 0.6) is 0 Å². The highest BCUT2D eigenvalue weighted by atomic mass is 16.6. The number of aromatic nitrogens is 2. The van der Waals surface area contributed by atoms with E-state index in [0.717, 1.165) is 6.54 Å². The first-order chi connectivity index (χ1) is 8.93. The molecule has 1 fully saturated rings. The zero-order valence-corrected chi connectivity index (χ0v) is 11.9. The molecule has 1 aliphatic carbocycles. The second-order valence-electron chi connectivity index (χ2n) is 5.87. The summed E-state index contributed by atoms with van der Waals surface area (Å²) in [4.78, 5) is 14.6. The molecule has 1 aromatic heterocycles. The summed E-state index contributed by atoms with van der Waals surface area (Å²) in [6.07, 6.45) is 6.19. The number of anilines is 1. The van der Waals surface area contributed by atoms with E-state index in [-0.39, 0.29) is 11.2 Å². The fraction of sp³-hybridized carbons (Fsp3) is 0.769. The molecule has 0 atom stereocenters. The Labute approximate surface area is 113 Å². The average molecular weight is 266 g/mol. The molecule has 6 nitrogen and oxygen atoms in total. The Balaban J connectivity index is 2.12. The fourth-order valence-corrected chi connectivity index (χ4v) is 2.80. The van der Waals surface area contributed by atoms with Crippen molar-refractivity contribution in [2.75, 3.05) is 11.9 Å². The Hall–Kier alpha value is -1.59. The molecular formula is C13H22N4O2. The maximum Gasteiger partial charge on any atom is 0.406 e. The lowest BCUT2D eigenvalue weighted by Crippen LogP contribution is -2.29. The first kappa shape index (κ1) is 13.8. The van der Waals surface area contributed by atoms with Crippen LogP contribution in [-0.2, 0) is 7.05 Å². The van der Waals surface area contributed by atoms with E-state index >= 15 is 0 Å². The molecule has 19 heavy (non-hydrogen) atoms. The SMILES string of the molecule is Cc1nc([N+](=O)[O-])c(NCC2(C)CCCCC2)n1C. The smallest absolute Gasteiger partial charge is 0.364 e. The Bertz CT molecular complexity index is 475. The predicted molar refractivity (Wildman–Crippen MR) is 74.3 cm³/mol. The van der Waals surface area contributed by atoms with Gasteiger partial charge in [-0.05, 0) is 28.2 Å². The van der Waals surface area contributed by atoms with Crippen LogP contribution in [0, 0.1) is 22.5 Å². The Kier molecular flexibility index (Phi) is 3.78. The van der Waals surface area contributed by atoms with E-state index in [2.05, 4.69) is 17.2 Å². The highest BCUT2D eigenvalue weighted by molar-refractivity contribution is 5.53. The van der Waals surface area contributed by atoms with Crippen LogP contribution in [-0.4, -0.2) is 21.0 Å². The first-order valence-corrected chi connectivity index (χ1v) is 6.84. The van der Waals surface area contributed by atoms with E-state index in [9.17, 15) is 10.1 Å². The van der Waals surface area contributed by atoms with E-state index < -0.39 is 4.92 Å². The Morgan fingerprint density at radius 2 is 2.05 bits per heavy atom. The maximum absolute atomic E-state index is 11.0. The molecule has 1 heterocycles. The van der Waals surface area contributed by atoms with Crippen molar-refractivity contribution in [3.63, 3.8) is 0 Å². The molecule has 1 aliphatic rings. The van der Waals surface area contributed by atoms with Gasteiger partial charge in [-0.15, -0.1) is 0 Å². The summed E-state index contributed by atoms with van der Waals surface area (Å²) in [6.45, 7) is 4.81. The van der Waals surface area contributed by atoms with Gasteiger partial charge in [0, 0.05) is 20.5 Å². The number of hydrogen-bond acceptors (Lipinski definition) is 4. The van der Waals surface area contributed by atoms with Crippen molar-refractivity contribution in [2.24, 2.45) is 12.5 Å². The second-order valence-corrected chi connectivity index (χ2v) is 5.87. The fourth-order valence-electron chi connectivity index (χ4n) is 2.80. The molecule has 0 saturated heterocycles. The van der Waals surface area contributed by atoms with Crippen LogP contribution in [0.3, 0.4) is 0 Å². The molecule has 1 saturated carbocycles. The molecule has 0 spiro atoms. The lowest BCUT2D eigenvalue weighted by atomic mass is 9.76. The normalized spacial score (nSPS) is 18.3.